The summed E-state index contributed by atoms with van der Waals surface area (Å²) >= 11 is 0. The molecule has 9 heteroatoms. The summed E-state index contributed by atoms with van der Waals surface area (Å²) in [6, 6.07) is 8.26. The number of benzene rings is 1. The highest BCUT2D eigenvalue weighted by Crippen LogP contribution is 2.30. The molecule has 2 fully saturated rings. The van der Waals surface area contributed by atoms with Crippen LogP contribution in [-0.2, 0) is 28.1 Å². The summed E-state index contributed by atoms with van der Waals surface area (Å²) < 4.78 is 13.3. The van der Waals surface area contributed by atoms with Crippen LogP contribution in [-0.4, -0.2) is 53.3 Å². The second kappa shape index (κ2) is 8.07. The summed E-state index contributed by atoms with van der Waals surface area (Å²) in [4.78, 5) is 42.8. The Morgan fingerprint density at radius 1 is 1.19 bits per heavy atom. The summed E-state index contributed by atoms with van der Waals surface area (Å²) in [5.74, 6) is -1.24. The van der Waals surface area contributed by atoms with Crippen LogP contribution in [0.1, 0.15) is 40.0 Å². The first-order valence-corrected chi connectivity index (χ1v) is 10.8. The molecule has 8 nitrogen and oxygen atoms in total. The lowest BCUT2D eigenvalue weighted by molar-refractivity contribution is -0.136. The van der Waals surface area contributed by atoms with E-state index in [0.717, 1.165) is 29.9 Å². The van der Waals surface area contributed by atoms with Crippen molar-refractivity contribution < 1.29 is 18.8 Å². The van der Waals surface area contributed by atoms with E-state index in [2.05, 4.69) is 20.9 Å². The van der Waals surface area contributed by atoms with Gasteiger partial charge in [-0.25, -0.2) is 4.39 Å². The zero-order valence-electron chi connectivity index (χ0n) is 17.5. The van der Waals surface area contributed by atoms with Crippen LogP contribution in [0.25, 0.3) is 0 Å². The number of amides is 3. The Hall–Kier alpha value is -3.17. The minimum atomic E-state index is -0.623. The molecule has 32 heavy (non-hydrogen) atoms. The first-order chi connectivity index (χ1) is 15.5. The molecule has 0 aliphatic carbocycles. The molecule has 2 aromatic rings. The van der Waals surface area contributed by atoms with E-state index < -0.39 is 11.9 Å². The van der Waals surface area contributed by atoms with Gasteiger partial charge in [0.15, 0.2) is 0 Å². The van der Waals surface area contributed by atoms with Gasteiger partial charge in [-0.3, -0.25) is 24.7 Å². The molecule has 5 rings (SSSR count). The number of halogens is 1. The monoisotopic (exact) mass is 437 g/mol. The van der Waals surface area contributed by atoms with E-state index in [4.69, 9.17) is 0 Å². The van der Waals surface area contributed by atoms with Gasteiger partial charge in [0.05, 0.1) is 11.9 Å². The number of rotatable bonds is 6. The van der Waals surface area contributed by atoms with Gasteiger partial charge in [0.2, 0.25) is 11.8 Å². The first-order valence-electron chi connectivity index (χ1n) is 10.8. The molecule has 2 saturated heterocycles. The molecule has 0 bridgehead atoms. The van der Waals surface area contributed by atoms with Gasteiger partial charge in [-0.1, -0.05) is 18.2 Å². The normalized spacial score (nSPS) is 21.8. The second-order valence-corrected chi connectivity index (χ2v) is 8.70. The summed E-state index contributed by atoms with van der Waals surface area (Å²) in [6.07, 6.45) is 1.82. The fraction of sp³-hybridized carbons (Fsp3) is 0.391. The van der Waals surface area contributed by atoms with Crippen molar-refractivity contribution in [2.24, 2.45) is 0 Å². The van der Waals surface area contributed by atoms with Crippen molar-refractivity contribution in [3.63, 3.8) is 0 Å². The van der Waals surface area contributed by atoms with Gasteiger partial charge in [-0.05, 0) is 29.7 Å². The topological polar surface area (TPSA) is 103 Å². The first kappa shape index (κ1) is 20.7. The molecule has 0 spiro atoms. The standard InChI is InChI=1S/C23H24FN5O3/c24-16-4-6-18(27-9-16)23(12-26-13-23)11-25-8-14-2-1-3-15-10-29(22(32)20(14)15)17-5-7-19(30)28-21(17)31/h1-4,6,9,17,25-26H,5,7-8,10-13H2,(H,28,30,31). The molecular weight excluding hydrogens is 413 g/mol. The zero-order valence-corrected chi connectivity index (χ0v) is 17.5. The van der Waals surface area contributed by atoms with Crippen LogP contribution in [0.2, 0.25) is 0 Å². The van der Waals surface area contributed by atoms with Gasteiger partial charge < -0.3 is 15.5 Å². The molecule has 3 aliphatic heterocycles. The number of carbonyl (C=O) groups excluding carboxylic acids is 3. The number of hydrogen-bond donors (Lipinski definition) is 3. The van der Waals surface area contributed by atoms with Gasteiger partial charge in [0.25, 0.3) is 5.91 Å². The quantitative estimate of drug-likeness (QED) is 0.573. The van der Waals surface area contributed by atoms with Crippen LogP contribution in [0.4, 0.5) is 4.39 Å². The lowest BCUT2D eigenvalue weighted by Gasteiger charge is -2.42. The summed E-state index contributed by atoms with van der Waals surface area (Å²) in [5.41, 5.74) is 3.01. The molecule has 1 aromatic heterocycles. The third kappa shape index (κ3) is 3.57. The molecular formula is C23H24FN5O3. The van der Waals surface area contributed by atoms with E-state index in [1.165, 1.54) is 12.3 Å². The van der Waals surface area contributed by atoms with Gasteiger partial charge in [-0.2, -0.15) is 0 Å². The Bertz CT molecular complexity index is 1080. The van der Waals surface area contributed by atoms with Crippen LogP contribution in [0.5, 0.6) is 0 Å². The molecule has 0 saturated carbocycles. The van der Waals surface area contributed by atoms with Crippen molar-refractivity contribution in [1.29, 1.82) is 0 Å². The van der Waals surface area contributed by atoms with Crippen LogP contribution in [0.15, 0.2) is 36.5 Å². The molecule has 4 heterocycles. The molecule has 3 aliphatic rings. The maximum Gasteiger partial charge on any atom is 0.255 e. The number of nitrogens with zero attached hydrogens (tertiary/aromatic N) is 2. The van der Waals surface area contributed by atoms with Crippen LogP contribution < -0.4 is 16.0 Å². The Morgan fingerprint density at radius 3 is 2.72 bits per heavy atom. The third-order valence-electron chi connectivity index (χ3n) is 6.62. The van der Waals surface area contributed by atoms with Crippen LogP contribution in [0.3, 0.4) is 0 Å². The predicted octanol–water partition coefficient (Wildman–Crippen LogP) is 0.613. The Morgan fingerprint density at radius 2 is 2.03 bits per heavy atom. The summed E-state index contributed by atoms with van der Waals surface area (Å²) in [5, 5.41) is 9.05. The average Bonchev–Trinajstić information content (AvgIpc) is 3.08. The van der Waals surface area contributed by atoms with Crippen molar-refractivity contribution in [3.05, 3.63) is 64.7 Å². The van der Waals surface area contributed by atoms with Crippen molar-refractivity contribution in [2.45, 2.75) is 37.4 Å². The van der Waals surface area contributed by atoms with Crippen molar-refractivity contribution >= 4 is 17.7 Å². The molecule has 1 atom stereocenters. The SMILES string of the molecule is O=C1CCC(N2Cc3cccc(CNCC4(c5ccc(F)cn5)CNC4)c3C2=O)C(=O)N1. The van der Waals surface area contributed by atoms with Crippen molar-refractivity contribution in [2.75, 3.05) is 19.6 Å². The maximum absolute atomic E-state index is 13.3. The van der Waals surface area contributed by atoms with Gasteiger partial charge in [0, 0.05) is 50.1 Å². The number of nitrogens with one attached hydrogen (secondary N) is 3. The predicted molar refractivity (Wildman–Crippen MR) is 113 cm³/mol. The van der Waals surface area contributed by atoms with E-state index in [0.29, 0.717) is 31.6 Å². The fourth-order valence-corrected chi connectivity index (χ4v) is 4.79. The number of pyridine rings is 1. The van der Waals surface area contributed by atoms with E-state index in [-0.39, 0.29) is 29.5 Å². The van der Waals surface area contributed by atoms with E-state index >= 15 is 0 Å². The summed E-state index contributed by atoms with van der Waals surface area (Å²) in [6.45, 7) is 2.97. The maximum atomic E-state index is 13.3. The minimum absolute atomic E-state index is 0.174. The van der Waals surface area contributed by atoms with Gasteiger partial charge in [0.1, 0.15) is 11.9 Å². The van der Waals surface area contributed by atoms with Gasteiger partial charge >= 0.3 is 0 Å². The minimum Gasteiger partial charge on any atom is -0.322 e. The smallest absolute Gasteiger partial charge is 0.255 e. The molecule has 1 aromatic carbocycles. The van der Waals surface area contributed by atoms with E-state index in [1.807, 2.05) is 18.2 Å². The highest BCUT2D eigenvalue weighted by molar-refractivity contribution is 6.05. The number of fused-ring (bicyclic) bond motifs is 1. The molecule has 3 amide bonds. The molecule has 166 valence electrons. The number of imide groups is 1. The molecule has 0 radical (unpaired) electrons. The van der Waals surface area contributed by atoms with Gasteiger partial charge in [-0.15, -0.1) is 0 Å². The largest absolute Gasteiger partial charge is 0.322 e. The second-order valence-electron chi connectivity index (χ2n) is 8.70. The fourth-order valence-electron chi connectivity index (χ4n) is 4.79. The number of carbonyl (C=O) groups is 3. The Kier molecular flexibility index (Phi) is 5.22. The van der Waals surface area contributed by atoms with Crippen molar-refractivity contribution in [3.8, 4) is 0 Å². The van der Waals surface area contributed by atoms with Crippen LogP contribution >= 0.6 is 0 Å². The van der Waals surface area contributed by atoms with E-state index in [9.17, 15) is 18.8 Å². The Labute approximate surface area is 184 Å². The average molecular weight is 437 g/mol. The molecule has 3 N–H and O–H groups in total. The number of hydrogen-bond acceptors (Lipinski definition) is 6. The van der Waals surface area contributed by atoms with Crippen molar-refractivity contribution in [1.82, 2.24) is 25.8 Å². The highest BCUT2D eigenvalue weighted by atomic mass is 19.1. The number of piperidine rings is 1. The Balaban J connectivity index is 1.29. The lowest BCUT2D eigenvalue weighted by Crippen LogP contribution is -2.61. The van der Waals surface area contributed by atoms with Crippen LogP contribution in [0, 0.1) is 5.82 Å². The number of aromatic nitrogens is 1. The van der Waals surface area contributed by atoms with E-state index in [1.54, 1.807) is 11.0 Å². The zero-order chi connectivity index (χ0) is 22.3. The lowest BCUT2D eigenvalue weighted by atomic mass is 9.78. The summed E-state index contributed by atoms with van der Waals surface area (Å²) in [7, 11) is 0. The highest BCUT2D eigenvalue weighted by Gasteiger charge is 2.41. The third-order valence-corrected chi connectivity index (χ3v) is 6.62. The molecule has 1 unspecified atom stereocenters.